The minimum atomic E-state index is -4.70. The number of nitrogens with zero attached hydrogens (tertiary/aromatic N) is 3. The third-order valence-electron chi connectivity index (χ3n) is 5.12. The second-order valence-electron chi connectivity index (χ2n) is 7.35. The van der Waals surface area contributed by atoms with Gasteiger partial charge in [-0.15, -0.1) is 0 Å². The number of hydrogen-bond donors (Lipinski definition) is 1. The number of hydrogen-bond acceptors (Lipinski definition) is 4. The molecule has 0 aliphatic heterocycles. The van der Waals surface area contributed by atoms with E-state index < -0.39 is 22.2 Å². The molecule has 2 aromatic heterocycles. The van der Waals surface area contributed by atoms with Gasteiger partial charge >= 0.3 is 6.18 Å². The Kier molecular flexibility index (Phi) is 5.19. The van der Waals surface area contributed by atoms with Crippen LogP contribution in [0.5, 0.6) is 0 Å². The zero-order chi connectivity index (χ0) is 23.3. The SMILES string of the molecule is Cc1ccc2c(C#N)c(-c3ccc(S(=O)(=O)N[C@H](C)C(F)(F)F)cc3)n(C3=CC=C3)c2n1. The van der Waals surface area contributed by atoms with Gasteiger partial charge in [-0.1, -0.05) is 18.2 Å². The molecule has 1 aromatic carbocycles. The first-order valence-corrected chi connectivity index (χ1v) is 11.0. The van der Waals surface area contributed by atoms with Crippen molar-refractivity contribution in [2.24, 2.45) is 0 Å². The summed E-state index contributed by atoms with van der Waals surface area (Å²) in [5, 5.41) is 10.5. The van der Waals surface area contributed by atoms with E-state index in [0.717, 1.165) is 18.3 Å². The topological polar surface area (TPSA) is 87.8 Å². The van der Waals surface area contributed by atoms with Gasteiger partial charge in [0.2, 0.25) is 10.0 Å². The summed E-state index contributed by atoms with van der Waals surface area (Å²) in [5.74, 6) is 0. The van der Waals surface area contributed by atoms with Gasteiger partial charge in [0.25, 0.3) is 0 Å². The Labute approximate surface area is 182 Å². The molecule has 1 aliphatic carbocycles. The molecule has 0 amide bonds. The minimum Gasteiger partial charge on any atom is -0.293 e. The number of halogens is 3. The summed E-state index contributed by atoms with van der Waals surface area (Å²) >= 11 is 0. The summed E-state index contributed by atoms with van der Waals surface area (Å²) in [4.78, 5) is 4.26. The highest BCUT2D eigenvalue weighted by Crippen LogP contribution is 2.37. The van der Waals surface area contributed by atoms with E-state index >= 15 is 0 Å². The van der Waals surface area contributed by atoms with Gasteiger partial charge in [-0.3, -0.25) is 4.57 Å². The number of pyridine rings is 1. The Balaban J connectivity index is 1.82. The number of fused-ring (bicyclic) bond motifs is 1. The maximum absolute atomic E-state index is 12.8. The molecule has 3 aromatic rings. The van der Waals surface area contributed by atoms with Crippen molar-refractivity contribution in [3.63, 3.8) is 0 Å². The lowest BCUT2D eigenvalue weighted by atomic mass is 10.1. The lowest BCUT2D eigenvalue weighted by Crippen LogP contribution is -2.42. The average Bonchev–Trinajstić information content (AvgIpc) is 2.99. The van der Waals surface area contributed by atoms with Crippen LogP contribution in [-0.2, 0) is 10.0 Å². The Morgan fingerprint density at radius 1 is 1.16 bits per heavy atom. The summed E-state index contributed by atoms with van der Waals surface area (Å²) in [7, 11) is -4.38. The van der Waals surface area contributed by atoms with Gasteiger partial charge < -0.3 is 0 Å². The maximum Gasteiger partial charge on any atom is 0.404 e. The number of alkyl halides is 3. The molecule has 0 spiro atoms. The van der Waals surface area contributed by atoms with Gasteiger partial charge in [0.15, 0.2) is 0 Å². The first-order chi connectivity index (χ1) is 15.0. The van der Waals surface area contributed by atoms with E-state index in [9.17, 15) is 26.9 Å². The zero-order valence-electron chi connectivity index (χ0n) is 17.0. The van der Waals surface area contributed by atoms with E-state index in [4.69, 9.17) is 0 Å². The van der Waals surface area contributed by atoms with Crippen LogP contribution in [0.4, 0.5) is 13.2 Å². The fraction of sp³-hybridized carbons (Fsp3) is 0.182. The van der Waals surface area contributed by atoms with Crippen LogP contribution in [0.3, 0.4) is 0 Å². The number of allylic oxidation sites excluding steroid dienone is 4. The highest BCUT2D eigenvalue weighted by Gasteiger charge is 2.38. The van der Waals surface area contributed by atoms with Crippen LogP contribution in [0.1, 0.15) is 18.2 Å². The fourth-order valence-electron chi connectivity index (χ4n) is 3.38. The molecule has 0 saturated heterocycles. The molecule has 0 radical (unpaired) electrons. The highest BCUT2D eigenvalue weighted by atomic mass is 32.2. The van der Waals surface area contributed by atoms with Crippen LogP contribution in [-0.4, -0.2) is 30.2 Å². The number of rotatable bonds is 5. The molecule has 0 saturated carbocycles. The number of aromatic nitrogens is 2. The van der Waals surface area contributed by atoms with Crippen molar-refractivity contribution in [2.75, 3.05) is 0 Å². The normalized spacial score (nSPS) is 14.7. The van der Waals surface area contributed by atoms with Crippen molar-refractivity contribution in [1.29, 1.82) is 5.26 Å². The van der Waals surface area contributed by atoms with Gasteiger partial charge in [-0.25, -0.2) is 13.4 Å². The molecule has 1 atom stereocenters. The van der Waals surface area contributed by atoms with E-state index in [1.165, 1.54) is 24.3 Å². The van der Waals surface area contributed by atoms with Crippen molar-refractivity contribution in [3.8, 4) is 17.3 Å². The number of sulfonamides is 1. The molecule has 0 fully saturated rings. The Morgan fingerprint density at radius 3 is 2.34 bits per heavy atom. The Hall–Kier alpha value is -3.42. The molecule has 0 bridgehead atoms. The summed E-state index contributed by atoms with van der Waals surface area (Å²) < 4.78 is 66.5. The van der Waals surface area contributed by atoms with Crippen molar-refractivity contribution in [2.45, 2.75) is 31.0 Å². The second kappa shape index (κ2) is 7.62. The lowest BCUT2D eigenvalue weighted by molar-refractivity contribution is -0.147. The van der Waals surface area contributed by atoms with Crippen LogP contribution < -0.4 is 4.72 Å². The molecular weight excluding hydrogens is 441 g/mol. The Bertz CT molecular complexity index is 1430. The van der Waals surface area contributed by atoms with Crippen LogP contribution >= 0.6 is 0 Å². The molecule has 6 nitrogen and oxygen atoms in total. The second-order valence-corrected chi connectivity index (χ2v) is 9.07. The predicted octanol–water partition coefficient (Wildman–Crippen LogP) is 4.52. The van der Waals surface area contributed by atoms with Crippen LogP contribution in [0, 0.1) is 18.3 Å². The third kappa shape index (κ3) is 3.70. The summed E-state index contributed by atoms with van der Waals surface area (Å²) in [6.45, 7) is 2.57. The van der Waals surface area contributed by atoms with Crippen LogP contribution in [0.25, 0.3) is 28.0 Å². The van der Waals surface area contributed by atoms with E-state index in [-0.39, 0.29) is 4.90 Å². The smallest absolute Gasteiger partial charge is 0.293 e. The molecule has 1 aliphatic rings. The lowest BCUT2D eigenvalue weighted by Gasteiger charge is -2.18. The first-order valence-electron chi connectivity index (χ1n) is 9.53. The largest absolute Gasteiger partial charge is 0.404 e. The fourth-order valence-corrected chi connectivity index (χ4v) is 4.61. The van der Waals surface area contributed by atoms with E-state index in [0.29, 0.717) is 27.9 Å². The number of nitriles is 1. The van der Waals surface area contributed by atoms with E-state index in [2.05, 4.69) is 11.1 Å². The van der Waals surface area contributed by atoms with E-state index in [1.54, 1.807) is 16.9 Å². The molecule has 10 heteroatoms. The summed E-state index contributed by atoms with van der Waals surface area (Å²) in [6.07, 6.45) is 0.853. The molecule has 164 valence electrons. The first kappa shape index (κ1) is 21.8. The summed E-state index contributed by atoms with van der Waals surface area (Å²) in [5.41, 5.74) is 3.58. The average molecular weight is 458 g/mol. The van der Waals surface area contributed by atoms with Crippen LogP contribution in [0.2, 0.25) is 0 Å². The van der Waals surface area contributed by atoms with Crippen molar-refractivity contribution in [3.05, 3.63) is 65.9 Å². The molecule has 4 rings (SSSR count). The molecule has 32 heavy (non-hydrogen) atoms. The highest BCUT2D eigenvalue weighted by molar-refractivity contribution is 7.89. The van der Waals surface area contributed by atoms with Crippen molar-refractivity contribution in [1.82, 2.24) is 14.3 Å². The standard InChI is InChI=1S/C22H17F3N4O2S/c1-13-6-11-18-19(12-26)20(29(21(18)27-13)16-4-3-5-16)15-7-9-17(10-8-15)32(30,31)28-14(2)22(23,24)25/h3-11,14,28H,1-2H3/t14-/m1/s1. The van der Waals surface area contributed by atoms with Crippen molar-refractivity contribution >= 4 is 26.8 Å². The van der Waals surface area contributed by atoms with E-state index in [1.807, 2.05) is 29.7 Å². The number of nitrogens with one attached hydrogen (secondary N) is 1. The predicted molar refractivity (Wildman–Crippen MR) is 114 cm³/mol. The maximum atomic E-state index is 12.8. The summed E-state index contributed by atoms with van der Waals surface area (Å²) in [6, 6.07) is 8.94. The van der Waals surface area contributed by atoms with Gasteiger partial charge in [0.05, 0.1) is 16.2 Å². The quantitative estimate of drug-likeness (QED) is 0.609. The number of benzene rings is 1. The number of aryl methyl sites for hydroxylation is 1. The van der Waals surface area contributed by atoms with Gasteiger partial charge in [-0.2, -0.15) is 23.2 Å². The third-order valence-corrected chi connectivity index (χ3v) is 6.68. The van der Waals surface area contributed by atoms with Gasteiger partial charge in [0, 0.05) is 22.3 Å². The molecule has 2 heterocycles. The molecule has 0 unspecified atom stereocenters. The Morgan fingerprint density at radius 2 is 1.81 bits per heavy atom. The molecular formula is C22H17F3N4O2S. The van der Waals surface area contributed by atoms with Gasteiger partial charge in [-0.05, 0) is 50.3 Å². The zero-order valence-corrected chi connectivity index (χ0v) is 17.8. The van der Waals surface area contributed by atoms with Crippen LogP contribution in [0.15, 0.2) is 59.5 Å². The minimum absolute atomic E-state index is 0.310. The monoisotopic (exact) mass is 458 g/mol. The van der Waals surface area contributed by atoms with Gasteiger partial charge in [0.1, 0.15) is 17.8 Å². The van der Waals surface area contributed by atoms with Crippen molar-refractivity contribution < 1.29 is 21.6 Å². The molecule has 1 N–H and O–H groups in total.